The molecule has 3 fully saturated rings. The zero-order valence-electron chi connectivity index (χ0n) is 49.0. The van der Waals surface area contributed by atoms with Crippen molar-refractivity contribution in [2.24, 2.45) is 28.8 Å². The third-order valence-electron chi connectivity index (χ3n) is 17.5. The Hall–Kier alpha value is -4.33. The number of aryl methyl sites for hydroxylation is 1. The van der Waals surface area contributed by atoms with E-state index in [-0.39, 0.29) is 61.7 Å². The molecule has 0 amide bonds. The second-order valence-corrected chi connectivity index (χ2v) is 23.6. The molecule has 0 bridgehead atoms. The number of hydrogen-bond donors (Lipinski definition) is 7. The maximum Gasteiger partial charge on any atom is 0.341 e. The van der Waals surface area contributed by atoms with Crippen molar-refractivity contribution in [3.63, 3.8) is 0 Å². The largest absolute Gasteiger partial charge is 0.477 e. The Morgan fingerprint density at radius 3 is 2.20 bits per heavy atom. The van der Waals surface area contributed by atoms with Gasteiger partial charge >= 0.3 is 17.9 Å². The molecule has 0 radical (unpaired) electrons. The highest BCUT2D eigenvalue weighted by Gasteiger charge is 2.55. The summed E-state index contributed by atoms with van der Waals surface area (Å²) in [5.41, 5.74) is -2.68. The summed E-state index contributed by atoms with van der Waals surface area (Å²) < 4.78 is 53.5. The van der Waals surface area contributed by atoms with Crippen molar-refractivity contribution in [1.29, 1.82) is 0 Å². The number of aromatic carboxylic acids is 1. The number of hydrogen-bond acceptors (Lipinski definition) is 20. The van der Waals surface area contributed by atoms with E-state index in [0.29, 0.717) is 30.6 Å². The average Bonchev–Trinajstić information content (AvgIpc) is 3.47. The van der Waals surface area contributed by atoms with E-state index in [2.05, 4.69) is 15.8 Å². The number of cyclic esters (lactones) is 1. The molecule has 22 heteroatoms. The number of aliphatic hydroxyl groups excluding tert-OH is 2. The molecule has 3 saturated heterocycles. The molecule has 4 aliphatic rings. The number of nitrogens with zero attached hydrogens (tertiary/aromatic N) is 3. The predicted molar refractivity (Wildman–Crippen MR) is 293 cm³/mol. The van der Waals surface area contributed by atoms with Crippen molar-refractivity contribution in [2.75, 3.05) is 53.3 Å². The Balaban J connectivity index is 1.20. The molecule has 1 aromatic heterocycles. The maximum absolute atomic E-state index is 14.6. The summed E-state index contributed by atoms with van der Waals surface area (Å²) in [5, 5.41) is 66.5. The molecule has 4 aliphatic heterocycles. The molecule has 7 N–H and O–H groups in total. The van der Waals surface area contributed by atoms with Crippen LogP contribution in [0.25, 0.3) is 10.9 Å². The lowest BCUT2D eigenvalue weighted by molar-refractivity contribution is -0.320. The fourth-order valence-corrected chi connectivity index (χ4v) is 12.7. The maximum atomic E-state index is 14.6. The second-order valence-electron chi connectivity index (χ2n) is 23.6. The average molecular weight is 1120 g/mol. The van der Waals surface area contributed by atoms with Gasteiger partial charge in [-0.25, -0.2) is 4.79 Å². The van der Waals surface area contributed by atoms with Crippen molar-refractivity contribution in [3.05, 3.63) is 39.7 Å². The van der Waals surface area contributed by atoms with E-state index in [9.17, 15) is 44.8 Å². The second kappa shape index (κ2) is 26.3. The molecular formula is C57H91N5O17. The molecule has 6 rings (SSSR count). The van der Waals surface area contributed by atoms with Gasteiger partial charge in [-0.1, -0.05) is 32.9 Å². The van der Waals surface area contributed by atoms with Crippen LogP contribution < -0.4 is 16.1 Å². The lowest BCUT2D eigenvalue weighted by Gasteiger charge is -2.50. The van der Waals surface area contributed by atoms with Gasteiger partial charge in [-0.2, -0.15) is 0 Å². The first kappa shape index (κ1) is 63.8. The third-order valence-corrected chi connectivity index (χ3v) is 17.5. The van der Waals surface area contributed by atoms with Gasteiger partial charge in [0.15, 0.2) is 18.7 Å². The van der Waals surface area contributed by atoms with Crippen LogP contribution in [0.3, 0.4) is 0 Å². The van der Waals surface area contributed by atoms with E-state index in [1.807, 2.05) is 64.2 Å². The van der Waals surface area contributed by atoms with Gasteiger partial charge in [0.25, 0.3) is 0 Å². The number of methoxy groups -OCH3 is 2. The molecule has 0 saturated carbocycles. The van der Waals surface area contributed by atoms with Crippen molar-refractivity contribution in [2.45, 2.75) is 211 Å². The van der Waals surface area contributed by atoms with E-state index < -0.39 is 119 Å². The minimum atomic E-state index is -2.00. The highest BCUT2D eigenvalue weighted by molar-refractivity contribution is 5.95. The summed E-state index contributed by atoms with van der Waals surface area (Å²) in [6, 6.07) is 3.40. The molecule has 1 aromatic carbocycles. The lowest BCUT2D eigenvalue weighted by atomic mass is 9.73. The van der Waals surface area contributed by atoms with E-state index in [1.165, 1.54) is 27.3 Å². The quantitative estimate of drug-likeness (QED) is 0.0482. The number of rotatable bonds is 17. The van der Waals surface area contributed by atoms with Gasteiger partial charge in [-0.3, -0.25) is 14.4 Å². The fraction of sp³-hybridized carbons (Fsp3) is 0.772. The summed E-state index contributed by atoms with van der Waals surface area (Å²) in [6.07, 6.45) is -6.43. The molecule has 2 aromatic rings. The van der Waals surface area contributed by atoms with Gasteiger partial charge < -0.3 is 83.6 Å². The zero-order valence-corrected chi connectivity index (χ0v) is 49.0. The van der Waals surface area contributed by atoms with Crippen molar-refractivity contribution in [3.8, 4) is 0 Å². The van der Waals surface area contributed by atoms with Crippen molar-refractivity contribution in [1.82, 2.24) is 14.8 Å². The predicted octanol–water partition coefficient (Wildman–Crippen LogP) is 4.86. The van der Waals surface area contributed by atoms with Crippen LogP contribution in [0.4, 0.5) is 5.69 Å². The van der Waals surface area contributed by atoms with Gasteiger partial charge in [-0.15, -0.1) is 0 Å². The normalized spacial score (nSPS) is 38.3. The topological polar surface area (TPSA) is 288 Å². The first-order chi connectivity index (χ1) is 37.1. The minimum absolute atomic E-state index is 0.0109. The van der Waals surface area contributed by atoms with Gasteiger partial charge in [0, 0.05) is 87.4 Å². The van der Waals surface area contributed by atoms with Crippen LogP contribution in [0.15, 0.2) is 28.3 Å². The van der Waals surface area contributed by atoms with Gasteiger partial charge in [-0.05, 0) is 112 Å². The van der Waals surface area contributed by atoms with Gasteiger partial charge in [0.1, 0.15) is 29.0 Å². The van der Waals surface area contributed by atoms with Crippen LogP contribution in [0.1, 0.15) is 137 Å². The summed E-state index contributed by atoms with van der Waals surface area (Å²) >= 11 is 0. The van der Waals surface area contributed by atoms with Crippen LogP contribution in [-0.2, 0) is 53.9 Å². The number of carboxylic acid groups (broad SMARTS) is 1. The summed E-state index contributed by atoms with van der Waals surface area (Å²) in [5.74, 6) is -5.94. The van der Waals surface area contributed by atoms with Crippen molar-refractivity contribution >= 4 is 40.2 Å². The number of oxime groups is 1. The molecule has 22 nitrogen and oxygen atoms in total. The number of carbonyl (C=O) groups excluding carboxylic acids is 2. The SMILES string of the molecule is CC[C@H]1OC(=O)[C@H](C)[C@@H](O[C@H]2C[C@@](C)(OC)[C@@H](OC(=O)CCNCCNc3cc4c5c(c3)c(=O)c(C(=O)O)cn5C(C)CC4)[C@H](C)O2)[C@H](C)[C@@H](O[C@H]2O[C@@H](C)C[C@@H](N(C)C)[C@@H]2O)[C@](C)(OC)C[C@@H](C)/C(=N\O)[C@H](C)[C@@H](O)[C@]1(C)O. The first-order valence-electron chi connectivity index (χ1n) is 28.1. The van der Waals surface area contributed by atoms with Gasteiger partial charge in [0.2, 0.25) is 5.43 Å². The Bertz CT molecular complexity index is 2530. The smallest absolute Gasteiger partial charge is 0.341 e. The monoisotopic (exact) mass is 1120 g/mol. The fourth-order valence-electron chi connectivity index (χ4n) is 12.7. The highest BCUT2D eigenvalue weighted by Crippen LogP contribution is 2.43. The Morgan fingerprint density at radius 2 is 1.58 bits per heavy atom. The Morgan fingerprint density at radius 1 is 0.911 bits per heavy atom. The number of anilines is 1. The molecule has 79 heavy (non-hydrogen) atoms. The summed E-state index contributed by atoms with van der Waals surface area (Å²) in [6.45, 7) is 20.4. The molecule has 446 valence electrons. The summed E-state index contributed by atoms with van der Waals surface area (Å²) in [7, 11) is 6.75. The Kier molecular flexibility index (Phi) is 21.2. The molecule has 0 spiro atoms. The number of pyridine rings is 1. The Labute approximate surface area is 464 Å². The first-order valence-corrected chi connectivity index (χ1v) is 28.1. The zero-order chi connectivity index (χ0) is 58.6. The number of carbonyl (C=O) groups is 3. The van der Waals surface area contributed by atoms with E-state index in [0.717, 1.165) is 23.9 Å². The van der Waals surface area contributed by atoms with Crippen LogP contribution in [0.5, 0.6) is 0 Å². The number of aromatic nitrogens is 1. The molecule has 0 aliphatic carbocycles. The van der Waals surface area contributed by atoms with Crippen LogP contribution in [-0.4, -0.2) is 191 Å². The highest BCUT2D eigenvalue weighted by atomic mass is 16.7. The van der Waals surface area contributed by atoms with Gasteiger partial charge in [0.05, 0.1) is 59.7 Å². The number of likely N-dealkylation sites (N-methyl/N-ethyl adjacent to an activating group) is 1. The van der Waals surface area contributed by atoms with Crippen LogP contribution >= 0.6 is 0 Å². The number of nitrogens with one attached hydrogen (secondary N) is 2. The van der Waals surface area contributed by atoms with Crippen LogP contribution in [0.2, 0.25) is 0 Å². The minimum Gasteiger partial charge on any atom is -0.477 e. The number of benzene rings is 1. The summed E-state index contributed by atoms with van der Waals surface area (Å²) in [4.78, 5) is 55.3. The van der Waals surface area contributed by atoms with Crippen molar-refractivity contribution < 1.29 is 77.9 Å². The molecule has 1 unspecified atom stereocenters. The lowest BCUT2D eigenvalue weighted by Crippen LogP contribution is -2.61. The van der Waals surface area contributed by atoms with Crippen LogP contribution in [0, 0.1) is 23.7 Å². The molecular weight excluding hydrogens is 1030 g/mol. The third kappa shape index (κ3) is 13.8. The number of aliphatic hydroxyl groups is 3. The van der Waals surface area contributed by atoms with E-state index in [4.69, 9.17) is 37.9 Å². The standard InChI is InChI=1S/C57H91N5O17/c1-16-41-57(11,70)49(66)32(5)44(60-71)29(2)26-55(9,72-14)50(79-54-47(65)40(61(12)13)23-31(4)74-54)33(6)48(34(7)53(69)76-41)78-43-27-56(10,73-15)51(35(8)75-43)77-42(63)19-20-58-21-22-59-37-24-36-18-17-30(3)62-28-39(52(67)68)46(64)38(25-37)45(36)62/h24-25,28-35,40-41,43,47-51,54,58-59,65-66,70-71H,16-23,26-27H2,1-15H3,(H,67,68)/b60-44+/t29-,30?,31+,32+,33+,34-,35+,40-,41-,43+,47+,48+,49-,50-,51+,54-,55-,56-,57-/m1/s1. The van der Waals surface area contributed by atoms with E-state index in [1.54, 1.807) is 40.7 Å². The number of carboxylic acids is 1. The number of esters is 2. The number of ether oxygens (including phenoxy) is 8. The molecule has 5 heterocycles. The molecule has 19 atom stereocenters. The van der Waals surface area contributed by atoms with E-state index >= 15 is 0 Å².